The maximum Gasteiger partial charge on any atom is 2.00 e. The molecule has 0 rings (SSSR count). The van der Waals surface area contributed by atoms with Gasteiger partial charge in [0.05, 0.1) is 0 Å². The SMILES string of the molecule is CC(C)[N-]CC([N-]C(C)C)C(C)C.[Mn+2]. The van der Waals surface area contributed by atoms with Crippen LogP contribution in [0.5, 0.6) is 0 Å². The Bertz CT molecular complexity index is 124. The summed E-state index contributed by atoms with van der Waals surface area (Å²) >= 11 is 0. The van der Waals surface area contributed by atoms with Gasteiger partial charge < -0.3 is 10.6 Å². The van der Waals surface area contributed by atoms with Crippen LogP contribution >= 0.6 is 0 Å². The predicted molar refractivity (Wildman–Crippen MR) is 60.5 cm³/mol. The molecule has 0 bridgehead atoms. The first kappa shape index (κ1) is 16.9. The van der Waals surface area contributed by atoms with Crippen LogP contribution in [-0.4, -0.2) is 24.7 Å². The molecule has 0 aliphatic carbocycles. The van der Waals surface area contributed by atoms with Gasteiger partial charge in [0.2, 0.25) is 0 Å². The van der Waals surface area contributed by atoms with Crippen molar-refractivity contribution < 1.29 is 17.1 Å². The summed E-state index contributed by atoms with van der Waals surface area (Å²) in [5.41, 5.74) is 0. The van der Waals surface area contributed by atoms with Crippen LogP contribution in [0.25, 0.3) is 10.6 Å². The molecule has 1 radical (unpaired) electrons. The molecule has 3 heteroatoms. The summed E-state index contributed by atoms with van der Waals surface area (Å²) in [5, 5.41) is 9.16. The van der Waals surface area contributed by atoms with Gasteiger partial charge in [-0.1, -0.05) is 47.5 Å². The van der Waals surface area contributed by atoms with E-state index in [2.05, 4.69) is 52.2 Å². The van der Waals surface area contributed by atoms with Crippen LogP contribution in [0.1, 0.15) is 41.5 Å². The summed E-state index contributed by atoms with van der Waals surface area (Å²) in [6.07, 6.45) is 0. The van der Waals surface area contributed by atoms with E-state index in [-0.39, 0.29) is 17.1 Å². The molecule has 0 saturated carbocycles. The zero-order chi connectivity index (χ0) is 10.4. The average molecular weight is 239 g/mol. The number of nitrogens with zero attached hydrogens (tertiary/aromatic N) is 2. The van der Waals surface area contributed by atoms with Gasteiger partial charge >= 0.3 is 17.1 Å². The molecule has 1 unspecified atom stereocenters. The van der Waals surface area contributed by atoms with Crippen molar-refractivity contribution in [1.82, 2.24) is 0 Å². The molecule has 0 aliphatic heterocycles. The minimum absolute atomic E-state index is 0. The van der Waals surface area contributed by atoms with E-state index in [1.54, 1.807) is 0 Å². The van der Waals surface area contributed by atoms with Crippen molar-refractivity contribution in [3.05, 3.63) is 10.6 Å². The molecule has 1 atom stereocenters. The summed E-state index contributed by atoms with van der Waals surface area (Å²) in [6, 6.07) is 1.26. The number of hydrogen-bond acceptors (Lipinski definition) is 0. The van der Waals surface area contributed by atoms with Gasteiger partial charge in [-0.05, 0) is 0 Å². The van der Waals surface area contributed by atoms with Gasteiger partial charge in [0, 0.05) is 0 Å². The first-order chi connectivity index (χ1) is 5.93. The van der Waals surface area contributed by atoms with Crippen molar-refractivity contribution in [2.24, 2.45) is 5.92 Å². The fourth-order valence-electron chi connectivity index (χ4n) is 1.13. The molecule has 0 saturated heterocycles. The Morgan fingerprint density at radius 1 is 0.857 bits per heavy atom. The van der Waals surface area contributed by atoms with Crippen LogP contribution in [-0.2, 0) is 17.1 Å². The van der Waals surface area contributed by atoms with E-state index in [1.165, 1.54) is 0 Å². The fourth-order valence-corrected chi connectivity index (χ4v) is 1.13. The molecule has 0 amide bonds. The molecule has 0 aromatic rings. The molecule has 85 valence electrons. The van der Waals surface area contributed by atoms with Crippen molar-refractivity contribution >= 4 is 0 Å². The van der Waals surface area contributed by atoms with Crippen LogP contribution in [0.3, 0.4) is 0 Å². The Hall–Kier alpha value is 0.439. The second kappa shape index (κ2) is 8.72. The van der Waals surface area contributed by atoms with Gasteiger partial charge in [-0.25, -0.2) is 0 Å². The third-order valence-electron chi connectivity index (χ3n) is 1.92. The molecule has 2 nitrogen and oxygen atoms in total. The predicted octanol–water partition coefficient (Wildman–Crippen LogP) is 3.57. The molecule has 0 spiro atoms. The fraction of sp³-hybridized carbons (Fsp3) is 1.00. The minimum Gasteiger partial charge on any atom is -0.661 e. The molecule has 0 aliphatic rings. The third-order valence-corrected chi connectivity index (χ3v) is 1.92. The minimum atomic E-state index is 0. The van der Waals surface area contributed by atoms with E-state index in [1.807, 2.05) is 0 Å². The Balaban J connectivity index is 0. The van der Waals surface area contributed by atoms with E-state index >= 15 is 0 Å². The van der Waals surface area contributed by atoms with Gasteiger partial charge in [-0.2, -0.15) is 12.6 Å². The van der Waals surface area contributed by atoms with Crippen LogP contribution in [0, 0.1) is 5.92 Å². The molecule has 0 fully saturated rings. The summed E-state index contributed by atoms with van der Waals surface area (Å²) < 4.78 is 0. The van der Waals surface area contributed by atoms with Gasteiger partial charge in [0.25, 0.3) is 0 Å². The maximum atomic E-state index is 4.65. The van der Waals surface area contributed by atoms with Gasteiger partial charge in [0.1, 0.15) is 0 Å². The Labute approximate surface area is 100 Å². The van der Waals surface area contributed by atoms with Crippen molar-refractivity contribution in [2.45, 2.75) is 59.7 Å². The standard InChI is InChI=1S/C11H24N2.Mn/c1-8(2)11(13-10(5)6)7-12-9(3)4;/h8-11H,7H2,1-6H3;/q-2;+2. The summed E-state index contributed by atoms with van der Waals surface area (Å²) in [4.78, 5) is 0. The van der Waals surface area contributed by atoms with E-state index in [9.17, 15) is 0 Å². The van der Waals surface area contributed by atoms with E-state index in [0.717, 1.165) is 6.54 Å². The normalized spacial score (nSPS) is 13.5. The molecular weight excluding hydrogens is 215 g/mol. The van der Waals surface area contributed by atoms with E-state index in [4.69, 9.17) is 0 Å². The number of rotatable bonds is 6. The Morgan fingerprint density at radius 2 is 1.36 bits per heavy atom. The quantitative estimate of drug-likeness (QED) is 0.634. The second-order valence-electron chi connectivity index (χ2n) is 4.51. The smallest absolute Gasteiger partial charge is 0.661 e. The summed E-state index contributed by atoms with van der Waals surface area (Å²) in [5.74, 6) is 0.602. The van der Waals surface area contributed by atoms with Gasteiger partial charge in [-0.15, -0.1) is 12.1 Å². The van der Waals surface area contributed by atoms with Gasteiger partial charge in [0.15, 0.2) is 0 Å². The van der Waals surface area contributed by atoms with Crippen molar-refractivity contribution in [2.75, 3.05) is 6.54 Å². The zero-order valence-corrected chi connectivity index (χ0v) is 11.5. The second-order valence-corrected chi connectivity index (χ2v) is 4.51. The largest absolute Gasteiger partial charge is 2.00 e. The van der Waals surface area contributed by atoms with E-state index in [0.29, 0.717) is 24.0 Å². The monoisotopic (exact) mass is 239 g/mol. The summed E-state index contributed by atoms with van der Waals surface area (Å²) in [6.45, 7) is 13.8. The molecule has 14 heavy (non-hydrogen) atoms. The molecular formula is C11H24MnN2. The zero-order valence-electron chi connectivity index (χ0n) is 10.3. The third kappa shape index (κ3) is 9.01. The molecule has 0 aromatic carbocycles. The van der Waals surface area contributed by atoms with Crippen LogP contribution in [0.15, 0.2) is 0 Å². The first-order valence-electron chi connectivity index (χ1n) is 5.30. The van der Waals surface area contributed by atoms with Crippen molar-refractivity contribution in [3.8, 4) is 0 Å². The molecule has 0 N–H and O–H groups in total. The molecule has 0 heterocycles. The van der Waals surface area contributed by atoms with Crippen LogP contribution in [0.4, 0.5) is 0 Å². The Morgan fingerprint density at radius 3 is 1.64 bits per heavy atom. The van der Waals surface area contributed by atoms with Crippen LogP contribution < -0.4 is 0 Å². The summed E-state index contributed by atoms with van der Waals surface area (Å²) in [7, 11) is 0. The van der Waals surface area contributed by atoms with Crippen LogP contribution in [0.2, 0.25) is 0 Å². The Kier molecular flexibility index (Phi) is 10.5. The van der Waals surface area contributed by atoms with Crippen molar-refractivity contribution in [1.29, 1.82) is 0 Å². The average Bonchev–Trinajstić information content (AvgIpc) is 1.96. The first-order valence-corrected chi connectivity index (χ1v) is 5.30. The number of hydrogen-bond donors (Lipinski definition) is 0. The van der Waals surface area contributed by atoms with Gasteiger partial charge in [-0.3, -0.25) is 0 Å². The maximum absolute atomic E-state index is 4.65. The topological polar surface area (TPSA) is 28.2 Å². The van der Waals surface area contributed by atoms with Crippen molar-refractivity contribution in [3.63, 3.8) is 0 Å². The van der Waals surface area contributed by atoms with E-state index < -0.39 is 0 Å². The molecule has 0 aromatic heterocycles.